The molecular formula is C16H19NO2. The molecule has 2 aromatic carbocycles. The van der Waals surface area contributed by atoms with Crippen molar-refractivity contribution in [3.63, 3.8) is 0 Å². The normalized spacial score (nSPS) is 12.2. The summed E-state index contributed by atoms with van der Waals surface area (Å²) in [5.74, 6) is 0.829. The van der Waals surface area contributed by atoms with Crippen molar-refractivity contribution in [1.29, 1.82) is 0 Å². The van der Waals surface area contributed by atoms with Crippen LogP contribution in [0.15, 0.2) is 48.5 Å². The molecule has 100 valence electrons. The molecule has 3 heteroatoms. The largest absolute Gasteiger partial charge is 0.489 e. The van der Waals surface area contributed by atoms with Crippen molar-refractivity contribution >= 4 is 0 Å². The fourth-order valence-corrected chi connectivity index (χ4v) is 1.78. The predicted octanol–water partition coefficient (Wildman–Crippen LogP) is 2.78. The van der Waals surface area contributed by atoms with Gasteiger partial charge in [0.05, 0.1) is 6.61 Å². The van der Waals surface area contributed by atoms with E-state index >= 15 is 0 Å². The maximum Gasteiger partial charge on any atom is 0.119 e. The monoisotopic (exact) mass is 257 g/mol. The molecule has 0 aliphatic heterocycles. The molecule has 2 rings (SSSR count). The summed E-state index contributed by atoms with van der Waals surface area (Å²) in [6.45, 7) is 2.54. The zero-order valence-corrected chi connectivity index (χ0v) is 11.0. The molecule has 0 spiro atoms. The van der Waals surface area contributed by atoms with Crippen LogP contribution in [0.3, 0.4) is 0 Å². The van der Waals surface area contributed by atoms with Crippen LogP contribution in [0.1, 0.15) is 29.7 Å². The Labute approximate surface area is 113 Å². The molecule has 0 radical (unpaired) electrons. The van der Waals surface area contributed by atoms with Gasteiger partial charge in [-0.05, 0) is 35.7 Å². The van der Waals surface area contributed by atoms with Crippen LogP contribution in [0.5, 0.6) is 5.75 Å². The van der Waals surface area contributed by atoms with E-state index in [-0.39, 0.29) is 12.6 Å². The lowest BCUT2D eigenvalue weighted by Gasteiger charge is -2.09. The second-order valence-electron chi connectivity index (χ2n) is 4.62. The summed E-state index contributed by atoms with van der Waals surface area (Å²) < 4.78 is 5.70. The van der Waals surface area contributed by atoms with E-state index in [1.54, 1.807) is 0 Å². The van der Waals surface area contributed by atoms with Crippen molar-refractivity contribution < 1.29 is 9.84 Å². The van der Waals surface area contributed by atoms with Gasteiger partial charge in [-0.1, -0.05) is 36.4 Å². The van der Waals surface area contributed by atoms with Gasteiger partial charge in [0.15, 0.2) is 0 Å². The molecule has 0 aliphatic rings. The van der Waals surface area contributed by atoms with E-state index in [1.165, 1.54) is 0 Å². The van der Waals surface area contributed by atoms with E-state index in [0.29, 0.717) is 6.61 Å². The molecule has 0 bridgehead atoms. The van der Waals surface area contributed by atoms with Gasteiger partial charge in [0.1, 0.15) is 12.4 Å². The van der Waals surface area contributed by atoms with E-state index in [0.717, 1.165) is 22.4 Å². The van der Waals surface area contributed by atoms with Crippen molar-refractivity contribution in [3.8, 4) is 5.75 Å². The highest BCUT2D eigenvalue weighted by molar-refractivity contribution is 5.29. The smallest absolute Gasteiger partial charge is 0.119 e. The summed E-state index contributed by atoms with van der Waals surface area (Å²) in [5.41, 5.74) is 8.88. The summed E-state index contributed by atoms with van der Waals surface area (Å²) in [7, 11) is 0. The van der Waals surface area contributed by atoms with Crippen molar-refractivity contribution in [2.45, 2.75) is 26.2 Å². The van der Waals surface area contributed by atoms with E-state index < -0.39 is 0 Å². The molecule has 0 aromatic heterocycles. The van der Waals surface area contributed by atoms with Crippen LogP contribution < -0.4 is 10.5 Å². The van der Waals surface area contributed by atoms with Crippen LogP contribution in [0.2, 0.25) is 0 Å². The molecule has 2 aromatic rings. The van der Waals surface area contributed by atoms with Gasteiger partial charge in [-0.2, -0.15) is 0 Å². The zero-order chi connectivity index (χ0) is 13.7. The SMILES string of the molecule is CC(N)c1ccc(OCc2ccc(CO)cc2)cc1. The van der Waals surface area contributed by atoms with Gasteiger partial charge in [0.2, 0.25) is 0 Å². The highest BCUT2D eigenvalue weighted by Crippen LogP contribution is 2.17. The van der Waals surface area contributed by atoms with Gasteiger partial charge in [-0.25, -0.2) is 0 Å². The molecule has 1 atom stereocenters. The maximum atomic E-state index is 8.97. The Balaban J connectivity index is 1.94. The Kier molecular flexibility index (Phi) is 4.55. The third-order valence-corrected chi connectivity index (χ3v) is 3.02. The molecule has 0 saturated carbocycles. The Morgan fingerprint density at radius 2 is 1.58 bits per heavy atom. The average molecular weight is 257 g/mol. The number of aliphatic hydroxyl groups excluding tert-OH is 1. The first-order chi connectivity index (χ1) is 9.19. The second-order valence-corrected chi connectivity index (χ2v) is 4.62. The summed E-state index contributed by atoms with van der Waals surface area (Å²) in [4.78, 5) is 0. The Hall–Kier alpha value is -1.84. The van der Waals surface area contributed by atoms with Crippen LogP contribution in [0.25, 0.3) is 0 Å². The minimum absolute atomic E-state index is 0.0417. The minimum Gasteiger partial charge on any atom is -0.489 e. The van der Waals surface area contributed by atoms with E-state index in [4.69, 9.17) is 15.6 Å². The summed E-state index contributed by atoms with van der Waals surface area (Å²) >= 11 is 0. The van der Waals surface area contributed by atoms with E-state index in [2.05, 4.69) is 0 Å². The van der Waals surface area contributed by atoms with Crippen molar-refractivity contribution in [2.24, 2.45) is 5.73 Å². The maximum absolute atomic E-state index is 8.97. The number of ether oxygens (including phenoxy) is 1. The van der Waals surface area contributed by atoms with Gasteiger partial charge in [0.25, 0.3) is 0 Å². The molecular weight excluding hydrogens is 238 g/mol. The molecule has 1 unspecified atom stereocenters. The van der Waals surface area contributed by atoms with Gasteiger partial charge < -0.3 is 15.6 Å². The van der Waals surface area contributed by atoms with Crippen LogP contribution >= 0.6 is 0 Å². The Morgan fingerprint density at radius 1 is 1.00 bits per heavy atom. The lowest BCUT2D eigenvalue weighted by Crippen LogP contribution is -2.04. The third-order valence-electron chi connectivity index (χ3n) is 3.02. The lowest BCUT2D eigenvalue weighted by atomic mass is 10.1. The minimum atomic E-state index is 0.0417. The molecule has 3 N–H and O–H groups in total. The fourth-order valence-electron chi connectivity index (χ4n) is 1.78. The first-order valence-electron chi connectivity index (χ1n) is 6.36. The quantitative estimate of drug-likeness (QED) is 0.866. The fraction of sp³-hybridized carbons (Fsp3) is 0.250. The lowest BCUT2D eigenvalue weighted by molar-refractivity contribution is 0.281. The highest BCUT2D eigenvalue weighted by Gasteiger charge is 2.00. The topological polar surface area (TPSA) is 55.5 Å². The third kappa shape index (κ3) is 3.81. The molecule has 0 saturated heterocycles. The van der Waals surface area contributed by atoms with Crippen LogP contribution in [-0.2, 0) is 13.2 Å². The molecule has 19 heavy (non-hydrogen) atoms. The standard InChI is InChI=1S/C16H19NO2/c1-12(17)15-6-8-16(9-7-15)19-11-14-4-2-13(10-18)3-5-14/h2-9,12,18H,10-11,17H2,1H3. The van der Waals surface area contributed by atoms with Crippen LogP contribution in [0.4, 0.5) is 0 Å². The predicted molar refractivity (Wildman–Crippen MR) is 75.7 cm³/mol. The van der Waals surface area contributed by atoms with Gasteiger partial charge >= 0.3 is 0 Å². The van der Waals surface area contributed by atoms with Gasteiger partial charge in [0, 0.05) is 6.04 Å². The summed E-state index contributed by atoms with van der Waals surface area (Å²) in [6.07, 6.45) is 0. The molecule has 0 amide bonds. The van der Waals surface area contributed by atoms with Crippen molar-refractivity contribution in [3.05, 3.63) is 65.2 Å². The Bertz CT molecular complexity index is 503. The number of nitrogens with two attached hydrogens (primary N) is 1. The van der Waals surface area contributed by atoms with Gasteiger partial charge in [-0.15, -0.1) is 0 Å². The number of benzene rings is 2. The molecule has 0 heterocycles. The molecule has 0 aliphatic carbocycles. The number of rotatable bonds is 5. The molecule has 3 nitrogen and oxygen atoms in total. The second kappa shape index (κ2) is 6.36. The van der Waals surface area contributed by atoms with Crippen LogP contribution in [-0.4, -0.2) is 5.11 Å². The first-order valence-corrected chi connectivity index (χ1v) is 6.36. The zero-order valence-electron chi connectivity index (χ0n) is 11.0. The van der Waals surface area contributed by atoms with Crippen molar-refractivity contribution in [2.75, 3.05) is 0 Å². The number of hydrogen-bond acceptors (Lipinski definition) is 3. The number of aliphatic hydroxyl groups is 1. The molecule has 0 fully saturated rings. The van der Waals surface area contributed by atoms with E-state index in [9.17, 15) is 0 Å². The van der Waals surface area contributed by atoms with E-state index in [1.807, 2.05) is 55.5 Å². The summed E-state index contributed by atoms with van der Waals surface area (Å²) in [6, 6.07) is 15.6. The highest BCUT2D eigenvalue weighted by atomic mass is 16.5. The average Bonchev–Trinajstić information content (AvgIpc) is 2.46. The summed E-state index contributed by atoms with van der Waals surface area (Å²) in [5, 5.41) is 8.97. The van der Waals surface area contributed by atoms with Gasteiger partial charge in [-0.3, -0.25) is 0 Å². The van der Waals surface area contributed by atoms with Crippen molar-refractivity contribution in [1.82, 2.24) is 0 Å². The first kappa shape index (κ1) is 13.6. The Morgan fingerprint density at radius 3 is 2.11 bits per heavy atom. The van der Waals surface area contributed by atoms with Crippen LogP contribution in [0, 0.1) is 0 Å². The number of hydrogen-bond donors (Lipinski definition) is 2.